The molecule has 0 aliphatic heterocycles. The summed E-state index contributed by atoms with van der Waals surface area (Å²) in [7, 11) is 0. The lowest BCUT2D eigenvalue weighted by atomic mass is 9.87. The highest BCUT2D eigenvalue weighted by molar-refractivity contribution is 14.1. The number of aliphatic hydroxyl groups excluding tert-OH is 1. The van der Waals surface area contributed by atoms with Crippen LogP contribution >= 0.6 is 22.6 Å². The summed E-state index contributed by atoms with van der Waals surface area (Å²) in [6.07, 6.45) is 4.85. The summed E-state index contributed by atoms with van der Waals surface area (Å²) in [5.41, 5.74) is 1.46. The maximum Gasteiger partial charge on any atom is 0.0499 e. The van der Waals surface area contributed by atoms with E-state index in [-0.39, 0.29) is 5.41 Å². The van der Waals surface area contributed by atoms with Crippen LogP contribution in [0.5, 0.6) is 0 Å². The molecule has 0 bridgehead atoms. The number of hydrogen-bond acceptors (Lipinski definition) is 2. The van der Waals surface area contributed by atoms with Crippen LogP contribution in [0.2, 0.25) is 0 Å². The van der Waals surface area contributed by atoms with Gasteiger partial charge in [0.2, 0.25) is 0 Å². The maximum absolute atomic E-state index is 9.60. The molecule has 1 saturated carbocycles. The Kier molecular flexibility index (Phi) is 5.04. The van der Waals surface area contributed by atoms with Gasteiger partial charge in [-0.3, -0.25) is 0 Å². The largest absolute Gasteiger partial charge is 0.396 e. The third-order valence-corrected chi connectivity index (χ3v) is 4.87. The van der Waals surface area contributed by atoms with E-state index in [2.05, 4.69) is 59.1 Å². The van der Waals surface area contributed by atoms with E-state index < -0.39 is 0 Å². The van der Waals surface area contributed by atoms with Gasteiger partial charge in [-0.25, -0.2) is 0 Å². The van der Waals surface area contributed by atoms with E-state index in [0.717, 1.165) is 19.4 Å². The summed E-state index contributed by atoms with van der Waals surface area (Å²) >= 11 is 2.33. The van der Waals surface area contributed by atoms with Crippen LogP contribution in [0.25, 0.3) is 0 Å². The zero-order valence-electron chi connectivity index (χ0n) is 11.0. The summed E-state index contributed by atoms with van der Waals surface area (Å²) in [5, 5.41) is 13.2. The van der Waals surface area contributed by atoms with Crippen molar-refractivity contribution in [2.45, 2.75) is 38.6 Å². The van der Waals surface area contributed by atoms with Gasteiger partial charge in [-0.15, -0.1) is 0 Å². The minimum atomic E-state index is 0.136. The number of hydrogen-bond donors (Lipinski definition) is 2. The zero-order chi connectivity index (χ0) is 13.0. The Balaban J connectivity index is 1.91. The van der Waals surface area contributed by atoms with E-state index in [9.17, 15) is 5.11 Å². The van der Waals surface area contributed by atoms with Crippen molar-refractivity contribution in [1.82, 2.24) is 5.32 Å². The predicted octanol–water partition coefficient (Wildman–Crippen LogP) is 3.49. The van der Waals surface area contributed by atoms with Crippen molar-refractivity contribution in [3.63, 3.8) is 0 Å². The van der Waals surface area contributed by atoms with E-state index in [1.165, 1.54) is 22.0 Å². The Labute approximate surface area is 123 Å². The van der Waals surface area contributed by atoms with Gasteiger partial charge in [-0.05, 0) is 60.1 Å². The quantitative estimate of drug-likeness (QED) is 0.789. The molecule has 2 N–H and O–H groups in total. The Bertz CT molecular complexity index is 371. The molecule has 100 valence electrons. The molecule has 18 heavy (non-hydrogen) atoms. The molecule has 2 rings (SSSR count). The van der Waals surface area contributed by atoms with E-state index in [0.29, 0.717) is 12.6 Å². The van der Waals surface area contributed by atoms with Gasteiger partial charge in [0.15, 0.2) is 0 Å². The number of halogens is 1. The van der Waals surface area contributed by atoms with Gasteiger partial charge in [0.05, 0.1) is 0 Å². The minimum absolute atomic E-state index is 0.136. The Morgan fingerprint density at radius 2 is 1.89 bits per heavy atom. The third kappa shape index (κ3) is 3.45. The molecule has 0 heterocycles. The summed E-state index contributed by atoms with van der Waals surface area (Å²) < 4.78 is 1.27. The molecule has 1 aromatic carbocycles. The van der Waals surface area contributed by atoms with Crippen LogP contribution in [0.1, 0.15) is 44.2 Å². The second kappa shape index (κ2) is 6.35. The van der Waals surface area contributed by atoms with Crippen LogP contribution in [0.15, 0.2) is 24.3 Å². The average molecular weight is 359 g/mol. The molecule has 2 nitrogen and oxygen atoms in total. The molecule has 0 radical (unpaired) electrons. The molecule has 1 atom stereocenters. The topological polar surface area (TPSA) is 32.3 Å². The summed E-state index contributed by atoms with van der Waals surface area (Å²) in [4.78, 5) is 0. The van der Waals surface area contributed by atoms with Crippen molar-refractivity contribution in [2.75, 3.05) is 13.2 Å². The lowest BCUT2D eigenvalue weighted by molar-refractivity contribution is 0.125. The van der Waals surface area contributed by atoms with Crippen molar-refractivity contribution in [3.05, 3.63) is 33.4 Å². The highest BCUT2D eigenvalue weighted by Gasteiger charge is 2.33. The van der Waals surface area contributed by atoms with Gasteiger partial charge < -0.3 is 10.4 Å². The average Bonchev–Trinajstić information content (AvgIpc) is 2.86. The molecule has 0 amide bonds. The van der Waals surface area contributed by atoms with Crippen molar-refractivity contribution in [3.8, 4) is 0 Å². The second-order valence-electron chi connectivity index (χ2n) is 5.52. The first-order chi connectivity index (χ1) is 8.65. The van der Waals surface area contributed by atoms with Crippen LogP contribution in [-0.2, 0) is 0 Å². The first kappa shape index (κ1) is 14.3. The number of nitrogens with one attached hydrogen (secondary N) is 1. The highest BCUT2D eigenvalue weighted by Crippen LogP contribution is 2.37. The third-order valence-electron chi connectivity index (χ3n) is 4.15. The molecule has 1 aromatic rings. The summed E-state index contributed by atoms with van der Waals surface area (Å²) in [6.45, 7) is 3.44. The van der Waals surface area contributed by atoms with E-state index in [4.69, 9.17) is 0 Å². The Morgan fingerprint density at radius 1 is 1.28 bits per heavy atom. The number of rotatable bonds is 5. The predicted molar refractivity (Wildman–Crippen MR) is 83.6 cm³/mol. The molecule has 0 aromatic heterocycles. The van der Waals surface area contributed by atoms with Crippen molar-refractivity contribution >= 4 is 22.6 Å². The van der Waals surface area contributed by atoms with Gasteiger partial charge in [0.25, 0.3) is 0 Å². The highest BCUT2D eigenvalue weighted by atomic mass is 127. The summed E-state index contributed by atoms with van der Waals surface area (Å²) in [6, 6.07) is 9.00. The fourth-order valence-corrected chi connectivity index (χ4v) is 3.11. The molecule has 1 fully saturated rings. The van der Waals surface area contributed by atoms with Gasteiger partial charge in [0.1, 0.15) is 0 Å². The smallest absolute Gasteiger partial charge is 0.0499 e. The van der Waals surface area contributed by atoms with Crippen LogP contribution in [0.3, 0.4) is 0 Å². The van der Waals surface area contributed by atoms with E-state index in [1.807, 2.05) is 0 Å². The first-order valence-electron chi connectivity index (χ1n) is 6.75. The lowest BCUT2D eigenvalue weighted by Crippen LogP contribution is -2.36. The maximum atomic E-state index is 9.60. The van der Waals surface area contributed by atoms with Gasteiger partial charge in [-0.2, -0.15) is 0 Å². The molecule has 0 spiro atoms. The Hall–Kier alpha value is -0.130. The molecule has 1 unspecified atom stereocenters. The van der Waals surface area contributed by atoms with Gasteiger partial charge in [-0.1, -0.05) is 25.0 Å². The van der Waals surface area contributed by atoms with Gasteiger partial charge >= 0.3 is 0 Å². The molecule has 3 heteroatoms. The first-order valence-corrected chi connectivity index (χ1v) is 7.83. The minimum Gasteiger partial charge on any atom is -0.396 e. The van der Waals surface area contributed by atoms with Gasteiger partial charge in [0, 0.05) is 28.2 Å². The van der Waals surface area contributed by atoms with Crippen LogP contribution in [0.4, 0.5) is 0 Å². The van der Waals surface area contributed by atoms with Crippen molar-refractivity contribution in [2.24, 2.45) is 5.41 Å². The second-order valence-corrected chi connectivity index (χ2v) is 6.76. The Morgan fingerprint density at radius 3 is 2.44 bits per heavy atom. The van der Waals surface area contributed by atoms with E-state index >= 15 is 0 Å². The van der Waals surface area contributed by atoms with Crippen LogP contribution in [0, 0.1) is 8.99 Å². The molecular formula is C15H22INO. The zero-order valence-corrected chi connectivity index (χ0v) is 13.1. The van der Waals surface area contributed by atoms with Crippen LogP contribution < -0.4 is 5.32 Å². The molecule has 0 saturated heterocycles. The van der Waals surface area contributed by atoms with E-state index in [1.54, 1.807) is 0 Å². The normalized spacial score (nSPS) is 19.9. The lowest BCUT2D eigenvalue weighted by Gasteiger charge is -2.29. The number of benzene rings is 1. The summed E-state index contributed by atoms with van der Waals surface area (Å²) in [5.74, 6) is 0. The number of aliphatic hydroxyl groups is 1. The molecular weight excluding hydrogens is 337 g/mol. The standard InChI is InChI=1S/C15H22INO/c1-12(13-4-6-14(16)7-5-13)17-10-15(11-18)8-2-3-9-15/h4-7,12,17-18H,2-3,8-11H2,1H3. The monoisotopic (exact) mass is 359 g/mol. The molecule has 1 aliphatic carbocycles. The van der Waals surface area contributed by atoms with Crippen molar-refractivity contribution in [1.29, 1.82) is 0 Å². The van der Waals surface area contributed by atoms with Crippen molar-refractivity contribution < 1.29 is 5.11 Å². The van der Waals surface area contributed by atoms with Crippen LogP contribution in [-0.4, -0.2) is 18.3 Å². The fraction of sp³-hybridized carbons (Fsp3) is 0.600. The SMILES string of the molecule is CC(NCC1(CO)CCCC1)c1ccc(I)cc1. The fourth-order valence-electron chi connectivity index (χ4n) is 2.75. The molecule has 1 aliphatic rings.